The molecule has 0 aromatic heterocycles. The molecule has 12 heavy (non-hydrogen) atoms. The minimum atomic E-state index is -3.63. The van der Waals surface area contributed by atoms with Gasteiger partial charge in [-0.05, 0) is 13.3 Å². The van der Waals surface area contributed by atoms with Gasteiger partial charge in [0.2, 0.25) is 0 Å². The summed E-state index contributed by atoms with van der Waals surface area (Å²) in [4.78, 5) is 9.38. The number of hydrogen-bond donors (Lipinski definition) is 2. The second-order valence-corrected chi connectivity index (χ2v) is 5.11. The van der Waals surface area contributed by atoms with E-state index in [-0.39, 0.29) is 12.5 Å². The topological polar surface area (TPSA) is 72.6 Å². The molecule has 5 heteroatoms. The molecular weight excluding hydrogens is 177 g/mol. The van der Waals surface area contributed by atoms with E-state index in [9.17, 15) is 9.46 Å². The standard InChI is InChI=1S/C7H14NO3P/c1-3-6-5-7(6,8)12(9,10)11-4-2/h3,6H,1,4-5,8H2,2H3,(H,9,10)/t6-,7+/m1/s1. The van der Waals surface area contributed by atoms with Crippen molar-refractivity contribution in [1.29, 1.82) is 0 Å². The minimum Gasteiger partial charge on any atom is -0.323 e. The average molecular weight is 191 g/mol. The first-order valence-corrected chi connectivity index (χ1v) is 5.44. The highest BCUT2D eigenvalue weighted by molar-refractivity contribution is 7.55. The van der Waals surface area contributed by atoms with Crippen molar-refractivity contribution in [2.75, 3.05) is 6.61 Å². The van der Waals surface area contributed by atoms with Crippen molar-refractivity contribution in [3.63, 3.8) is 0 Å². The zero-order chi connectivity index (χ0) is 9.41. The van der Waals surface area contributed by atoms with Crippen molar-refractivity contribution in [3.8, 4) is 0 Å². The van der Waals surface area contributed by atoms with Gasteiger partial charge in [-0.2, -0.15) is 0 Å². The van der Waals surface area contributed by atoms with Gasteiger partial charge in [0, 0.05) is 5.92 Å². The predicted octanol–water partition coefficient (Wildman–Crippen LogP) is 1.07. The minimum absolute atomic E-state index is 0.0834. The molecule has 70 valence electrons. The van der Waals surface area contributed by atoms with Gasteiger partial charge < -0.3 is 15.2 Å². The Bertz CT molecular complexity index is 243. The Labute approximate surface area is 71.9 Å². The van der Waals surface area contributed by atoms with Gasteiger partial charge in [0.15, 0.2) is 0 Å². The maximum Gasteiger partial charge on any atom is 0.348 e. The van der Waals surface area contributed by atoms with Crippen molar-refractivity contribution < 1.29 is 14.0 Å². The molecule has 0 aliphatic heterocycles. The molecule has 0 saturated heterocycles. The summed E-state index contributed by atoms with van der Waals surface area (Å²) in [6, 6.07) is 0. The Kier molecular flexibility index (Phi) is 2.45. The van der Waals surface area contributed by atoms with Crippen molar-refractivity contribution in [2.24, 2.45) is 11.7 Å². The van der Waals surface area contributed by atoms with Crippen LogP contribution in [0.4, 0.5) is 0 Å². The van der Waals surface area contributed by atoms with Crippen LogP contribution in [0, 0.1) is 5.92 Å². The van der Waals surface area contributed by atoms with Gasteiger partial charge in [-0.15, -0.1) is 6.58 Å². The van der Waals surface area contributed by atoms with Gasteiger partial charge in [0.05, 0.1) is 6.61 Å². The molecule has 0 amide bonds. The molecule has 4 nitrogen and oxygen atoms in total. The molecule has 0 radical (unpaired) electrons. The second-order valence-electron chi connectivity index (χ2n) is 2.98. The van der Waals surface area contributed by atoms with Crippen molar-refractivity contribution in [3.05, 3.63) is 12.7 Å². The number of nitrogens with two attached hydrogens (primary N) is 1. The molecule has 0 aromatic carbocycles. The fourth-order valence-corrected chi connectivity index (χ4v) is 2.74. The molecule has 1 aliphatic rings. The zero-order valence-electron chi connectivity index (χ0n) is 7.06. The van der Waals surface area contributed by atoms with E-state index >= 15 is 0 Å². The largest absolute Gasteiger partial charge is 0.348 e. The predicted molar refractivity (Wildman–Crippen MR) is 46.7 cm³/mol. The van der Waals surface area contributed by atoms with E-state index in [1.165, 1.54) is 0 Å². The molecule has 1 unspecified atom stereocenters. The highest BCUT2D eigenvalue weighted by Gasteiger charge is 2.62. The molecule has 0 bridgehead atoms. The Hall–Kier alpha value is -0.150. The zero-order valence-corrected chi connectivity index (χ0v) is 7.96. The van der Waals surface area contributed by atoms with Crippen molar-refractivity contribution >= 4 is 7.60 Å². The maximum absolute atomic E-state index is 11.4. The van der Waals surface area contributed by atoms with Gasteiger partial charge in [0.25, 0.3) is 0 Å². The molecule has 1 saturated carbocycles. The first-order valence-electron chi connectivity index (χ1n) is 3.87. The lowest BCUT2D eigenvalue weighted by molar-refractivity contribution is 0.260. The van der Waals surface area contributed by atoms with E-state index in [1.54, 1.807) is 13.0 Å². The third-order valence-corrected chi connectivity index (χ3v) is 4.32. The van der Waals surface area contributed by atoms with Gasteiger partial charge in [-0.25, -0.2) is 0 Å². The van der Waals surface area contributed by atoms with E-state index < -0.39 is 12.9 Å². The van der Waals surface area contributed by atoms with Crippen LogP contribution >= 0.6 is 7.60 Å². The Morgan fingerprint density at radius 1 is 2.00 bits per heavy atom. The summed E-state index contributed by atoms with van der Waals surface area (Å²) < 4.78 is 16.2. The van der Waals surface area contributed by atoms with Crippen LogP contribution in [0.15, 0.2) is 12.7 Å². The van der Waals surface area contributed by atoms with Crippen LogP contribution in [0.25, 0.3) is 0 Å². The molecule has 0 spiro atoms. The third-order valence-electron chi connectivity index (χ3n) is 2.14. The van der Waals surface area contributed by atoms with Gasteiger partial charge >= 0.3 is 7.60 Å². The smallest absolute Gasteiger partial charge is 0.323 e. The fourth-order valence-electron chi connectivity index (χ4n) is 1.20. The summed E-state index contributed by atoms with van der Waals surface area (Å²) >= 11 is 0. The Morgan fingerprint density at radius 3 is 2.92 bits per heavy atom. The lowest BCUT2D eigenvalue weighted by Gasteiger charge is -2.17. The van der Waals surface area contributed by atoms with Crippen molar-refractivity contribution in [2.45, 2.75) is 18.6 Å². The van der Waals surface area contributed by atoms with E-state index in [1.807, 2.05) is 0 Å². The highest BCUT2D eigenvalue weighted by Crippen LogP contribution is 2.68. The fraction of sp³-hybridized carbons (Fsp3) is 0.714. The number of hydrogen-bond acceptors (Lipinski definition) is 3. The second kappa shape index (κ2) is 2.96. The summed E-state index contributed by atoms with van der Waals surface area (Å²) in [5, 5.41) is -1.06. The molecule has 0 heterocycles. The van der Waals surface area contributed by atoms with Crippen LogP contribution < -0.4 is 5.73 Å². The van der Waals surface area contributed by atoms with Crippen LogP contribution in [-0.2, 0) is 9.09 Å². The SMILES string of the molecule is C=C[C@@H]1C[C@]1(N)P(=O)(O)OCC. The Balaban J connectivity index is 2.70. The molecule has 1 fully saturated rings. The summed E-state index contributed by atoms with van der Waals surface area (Å²) in [7, 11) is -3.63. The van der Waals surface area contributed by atoms with E-state index in [4.69, 9.17) is 10.3 Å². The van der Waals surface area contributed by atoms with Gasteiger partial charge in [0.1, 0.15) is 5.28 Å². The van der Waals surface area contributed by atoms with Crippen LogP contribution in [0.5, 0.6) is 0 Å². The lowest BCUT2D eigenvalue weighted by Crippen LogP contribution is -2.25. The third kappa shape index (κ3) is 1.36. The molecular formula is C7H14NO3P. The highest BCUT2D eigenvalue weighted by atomic mass is 31.2. The van der Waals surface area contributed by atoms with E-state index in [0.29, 0.717) is 6.42 Å². The first kappa shape index (κ1) is 9.93. The normalized spacial score (nSPS) is 38.8. The summed E-state index contributed by atoms with van der Waals surface area (Å²) in [6.45, 7) is 5.39. The molecule has 0 aromatic rings. The maximum atomic E-state index is 11.4. The summed E-state index contributed by atoms with van der Waals surface area (Å²) in [5.74, 6) is -0.0834. The average Bonchev–Trinajstić information content (AvgIpc) is 2.63. The van der Waals surface area contributed by atoms with Crippen LogP contribution in [0.1, 0.15) is 13.3 Å². The molecule has 1 rings (SSSR count). The van der Waals surface area contributed by atoms with Crippen molar-refractivity contribution in [1.82, 2.24) is 0 Å². The lowest BCUT2D eigenvalue weighted by atomic mass is 10.4. The van der Waals surface area contributed by atoms with Gasteiger partial charge in [-0.3, -0.25) is 4.57 Å². The van der Waals surface area contributed by atoms with Gasteiger partial charge in [-0.1, -0.05) is 6.08 Å². The van der Waals surface area contributed by atoms with Crippen LogP contribution in [-0.4, -0.2) is 16.8 Å². The Morgan fingerprint density at radius 2 is 2.58 bits per heavy atom. The molecule has 3 N–H and O–H groups in total. The van der Waals surface area contributed by atoms with Crippen LogP contribution in [0.3, 0.4) is 0 Å². The summed E-state index contributed by atoms with van der Waals surface area (Å²) in [6.07, 6.45) is 2.09. The summed E-state index contributed by atoms with van der Waals surface area (Å²) in [5.41, 5.74) is 5.66. The quantitative estimate of drug-likeness (QED) is 0.515. The molecule has 3 atom stereocenters. The van der Waals surface area contributed by atoms with E-state index in [2.05, 4.69) is 6.58 Å². The molecule has 1 aliphatic carbocycles. The monoisotopic (exact) mass is 191 g/mol. The number of rotatable bonds is 4. The van der Waals surface area contributed by atoms with Crippen LogP contribution in [0.2, 0.25) is 0 Å². The van der Waals surface area contributed by atoms with E-state index in [0.717, 1.165) is 0 Å². The first-order chi connectivity index (χ1) is 5.48.